The third-order valence-electron chi connectivity index (χ3n) is 2.61. The van der Waals surface area contributed by atoms with Crippen LogP contribution in [-0.2, 0) is 11.2 Å². The predicted octanol–water partition coefficient (Wildman–Crippen LogP) is 1.51. The first kappa shape index (κ1) is 13.1. The zero-order valence-corrected chi connectivity index (χ0v) is 11.4. The van der Waals surface area contributed by atoms with E-state index in [1.165, 1.54) is 18.3 Å². The Bertz CT molecular complexity index is 622. The zero-order chi connectivity index (χ0) is 13.5. The van der Waals surface area contributed by atoms with Crippen molar-refractivity contribution in [1.82, 2.24) is 4.98 Å². The fourth-order valence-electron chi connectivity index (χ4n) is 1.69. The van der Waals surface area contributed by atoms with Crippen molar-refractivity contribution in [2.24, 2.45) is 5.73 Å². The van der Waals surface area contributed by atoms with Crippen LogP contribution in [0.15, 0.2) is 17.0 Å². The van der Waals surface area contributed by atoms with Crippen molar-refractivity contribution in [3.63, 3.8) is 0 Å². The van der Waals surface area contributed by atoms with Gasteiger partial charge in [0.1, 0.15) is 5.54 Å². The Hall–Kier alpha value is -1.31. The number of benzene rings is 1. The molecule has 5 nitrogen and oxygen atoms in total. The Morgan fingerprint density at radius 1 is 1.61 bits per heavy atom. The summed E-state index contributed by atoms with van der Waals surface area (Å²) in [5.74, 6) is -1.04. The summed E-state index contributed by atoms with van der Waals surface area (Å²) in [4.78, 5) is 15.8. The molecule has 0 aliphatic carbocycles. The van der Waals surface area contributed by atoms with Crippen molar-refractivity contribution < 1.29 is 9.90 Å². The van der Waals surface area contributed by atoms with E-state index in [2.05, 4.69) is 17.6 Å². The quantitative estimate of drug-likeness (QED) is 0.640. The first-order chi connectivity index (χ1) is 8.29. The van der Waals surface area contributed by atoms with Gasteiger partial charge >= 0.3 is 5.97 Å². The number of aromatic nitrogens is 1. The third-order valence-corrected chi connectivity index (χ3v) is 3.78. The van der Waals surface area contributed by atoms with Crippen LogP contribution in [0.5, 0.6) is 0 Å². The van der Waals surface area contributed by atoms with Gasteiger partial charge in [0, 0.05) is 11.3 Å². The Morgan fingerprint density at radius 3 is 2.89 bits per heavy atom. The Balaban J connectivity index is 2.44. The highest BCUT2D eigenvalue weighted by atomic mass is 32.1. The lowest BCUT2D eigenvalue weighted by Crippen LogP contribution is -2.46. The number of carbonyl (C=O) groups is 1. The van der Waals surface area contributed by atoms with Crippen LogP contribution in [0, 0.1) is 0 Å². The molecule has 1 heterocycles. The average Bonchev–Trinajstić information content (AvgIpc) is 2.58. The summed E-state index contributed by atoms with van der Waals surface area (Å²) in [6.07, 6.45) is 0.226. The number of thiazole rings is 1. The van der Waals surface area contributed by atoms with Crippen LogP contribution in [-0.4, -0.2) is 21.6 Å². The number of nitrogens with zero attached hydrogens (tertiary/aromatic N) is 1. The summed E-state index contributed by atoms with van der Waals surface area (Å²) in [7, 11) is 0. The molecule has 0 radical (unpaired) electrons. The van der Waals surface area contributed by atoms with E-state index < -0.39 is 11.5 Å². The second kappa shape index (κ2) is 4.42. The van der Waals surface area contributed by atoms with Gasteiger partial charge in [0.05, 0.1) is 10.2 Å². The van der Waals surface area contributed by atoms with Crippen molar-refractivity contribution in [1.29, 1.82) is 0 Å². The highest BCUT2D eigenvalue weighted by Gasteiger charge is 2.28. The van der Waals surface area contributed by atoms with E-state index in [1.807, 2.05) is 6.07 Å². The minimum absolute atomic E-state index is 0.226. The monoisotopic (exact) mass is 283 g/mol. The number of carboxylic acids is 1. The van der Waals surface area contributed by atoms with Gasteiger partial charge in [-0.2, -0.15) is 0 Å². The number of aliphatic carboxylic acids is 1. The van der Waals surface area contributed by atoms with Gasteiger partial charge in [0.15, 0.2) is 5.13 Å². The topological polar surface area (TPSA) is 102 Å². The smallest absolute Gasteiger partial charge is 0.323 e. The Morgan fingerprint density at radius 2 is 2.28 bits per heavy atom. The van der Waals surface area contributed by atoms with E-state index in [-0.39, 0.29) is 6.42 Å². The van der Waals surface area contributed by atoms with Gasteiger partial charge in [-0.15, -0.1) is 12.6 Å². The van der Waals surface area contributed by atoms with E-state index in [9.17, 15) is 4.79 Å². The molecule has 2 rings (SSSR count). The molecule has 0 fully saturated rings. The number of thiol groups is 1. The molecule has 18 heavy (non-hydrogen) atoms. The summed E-state index contributed by atoms with van der Waals surface area (Å²) in [6.45, 7) is 1.48. The van der Waals surface area contributed by atoms with Crippen molar-refractivity contribution in [2.45, 2.75) is 23.8 Å². The summed E-state index contributed by atoms with van der Waals surface area (Å²) in [5, 5.41) is 9.48. The fraction of sp³-hybridized carbons (Fsp3) is 0.273. The van der Waals surface area contributed by atoms with E-state index in [4.69, 9.17) is 16.6 Å². The second-order valence-corrected chi connectivity index (χ2v) is 5.96. The SMILES string of the molecule is C[C@](N)(Cc1cc(S)c2nc(N)sc2c1)C(=O)O. The largest absolute Gasteiger partial charge is 0.480 e. The molecule has 96 valence electrons. The molecule has 0 spiro atoms. The van der Waals surface area contributed by atoms with Crippen LogP contribution in [0.2, 0.25) is 0 Å². The van der Waals surface area contributed by atoms with E-state index >= 15 is 0 Å². The van der Waals surface area contributed by atoms with Crippen LogP contribution < -0.4 is 11.5 Å². The molecule has 0 aliphatic rings. The molecule has 0 saturated carbocycles. The second-order valence-electron chi connectivity index (χ2n) is 4.41. The van der Waals surface area contributed by atoms with Gasteiger partial charge < -0.3 is 16.6 Å². The zero-order valence-electron chi connectivity index (χ0n) is 9.67. The number of hydrogen-bond donors (Lipinski definition) is 4. The van der Waals surface area contributed by atoms with E-state index in [0.717, 1.165) is 15.8 Å². The van der Waals surface area contributed by atoms with Crippen molar-refractivity contribution in [3.8, 4) is 0 Å². The van der Waals surface area contributed by atoms with Crippen molar-refractivity contribution >= 4 is 45.3 Å². The number of anilines is 1. The number of fused-ring (bicyclic) bond motifs is 1. The van der Waals surface area contributed by atoms with Gasteiger partial charge in [-0.1, -0.05) is 11.3 Å². The summed E-state index contributed by atoms with van der Waals surface area (Å²) >= 11 is 5.68. The molecule has 1 aromatic carbocycles. The number of hydrogen-bond acceptors (Lipinski definition) is 6. The third kappa shape index (κ3) is 2.43. The summed E-state index contributed by atoms with van der Waals surface area (Å²) in [5.41, 5.74) is 11.6. The molecule has 7 heteroatoms. The molecule has 5 N–H and O–H groups in total. The molecular weight excluding hydrogens is 270 g/mol. The number of carboxylic acid groups (broad SMARTS) is 1. The first-order valence-corrected chi connectivity index (χ1v) is 6.46. The minimum atomic E-state index is -1.30. The Kier molecular flexibility index (Phi) is 3.22. The Labute approximate surface area is 113 Å². The molecule has 0 unspecified atom stereocenters. The van der Waals surface area contributed by atoms with Gasteiger partial charge in [0.25, 0.3) is 0 Å². The number of nitrogens with two attached hydrogens (primary N) is 2. The highest BCUT2D eigenvalue weighted by molar-refractivity contribution is 7.80. The normalized spacial score (nSPS) is 14.6. The van der Waals surface area contributed by atoms with Crippen molar-refractivity contribution in [2.75, 3.05) is 5.73 Å². The predicted molar refractivity (Wildman–Crippen MR) is 75.2 cm³/mol. The molecule has 0 saturated heterocycles. The van der Waals surface area contributed by atoms with Crippen molar-refractivity contribution in [3.05, 3.63) is 17.7 Å². The summed E-state index contributed by atoms with van der Waals surface area (Å²) in [6, 6.07) is 3.63. The fourth-order valence-corrected chi connectivity index (χ4v) is 2.92. The maximum absolute atomic E-state index is 11.0. The molecule has 2 aromatic rings. The molecule has 0 amide bonds. The standard InChI is InChI=1S/C11H13N3O2S2/c1-11(13,9(15)16)4-5-2-6(17)8-7(3-5)18-10(12)14-8/h2-3,17H,4,13H2,1H3,(H2,12,14)(H,15,16)/t11-/m0/s1. The molecule has 0 bridgehead atoms. The first-order valence-electron chi connectivity index (χ1n) is 5.20. The van der Waals surface area contributed by atoms with Crippen LogP contribution in [0.3, 0.4) is 0 Å². The van der Waals surface area contributed by atoms with Gasteiger partial charge in [-0.3, -0.25) is 4.79 Å². The van der Waals surface area contributed by atoms with Crippen LogP contribution in [0.1, 0.15) is 12.5 Å². The van der Waals surface area contributed by atoms with E-state index in [0.29, 0.717) is 10.0 Å². The number of rotatable bonds is 3. The minimum Gasteiger partial charge on any atom is -0.480 e. The van der Waals surface area contributed by atoms with Gasteiger partial charge in [0.2, 0.25) is 0 Å². The maximum atomic E-state index is 11.0. The van der Waals surface area contributed by atoms with Gasteiger partial charge in [-0.05, 0) is 24.6 Å². The molecule has 1 aromatic heterocycles. The van der Waals surface area contributed by atoms with Gasteiger partial charge in [-0.25, -0.2) is 4.98 Å². The van der Waals surface area contributed by atoms with Crippen LogP contribution in [0.25, 0.3) is 10.2 Å². The lowest BCUT2D eigenvalue weighted by Gasteiger charge is -2.19. The highest BCUT2D eigenvalue weighted by Crippen LogP contribution is 2.30. The summed E-state index contributed by atoms with van der Waals surface area (Å²) < 4.78 is 0.885. The average molecular weight is 283 g/mol. The maximum Gasteiger partial charge on any atom is 0.323 e. The van der Waals surface area contributed by atoms with E-state index in [1.54, 1.807) is 6.07 Å². The van der Waals surface area contributed by atoms with Crippen LogP contribution >= 0.6 is 24.0 Å². The molecule has 0 aliphatic heterocycles. The molecule has 1 atom stereocenters. The number of nitrogen functional groups attached to an aromatic ring is 1. The molecular formula is C11H13N3O2S2. The van der Waals surface area contributed by atoms with Crippen LogP contribution in [0.4, 0.5) is 5.13 Å². The lowest BCUT2D eigenvalue weighted by molar-refractivity contribution is -0.142. The lowest BCUT2D eigenvalue weighted by atomic mass is 9.94.